The van der Waals surface area contributed by atoms with Crippen LogP contribution in [0.3, 0.4) is 0 Å². The van der Waals surface area contributed by atoms with E-state index in [9.17, 15) is 0 Å². The minimum absolute atomic E-state index is 0.385. The Balaban J connectivity index is 1.24. The molecule has 4 N–H and O–H groups in total. The Bertz CT molecular complexity index is 986. The second-order valence-electron chi connectivity index (χ2n) is 9.04. The lowest BCUT2D eigenvalue weighted by molar-refractivity contribution is 0.293. The fraction of sp³-hybridized carbons (Fsp3) is 0.440. The van der Waals surface area contributed by atoms with Crippen LogP contribution in [-0.2, 0) is 0 Å². The van der Waals surface area contributed by atoms with Crippen molar-refractivity contribution >= 4 is 17.2 Å². The maximum absolute atomic E-state index is 5.87. The molecule has 3 heterocycles. The molecule has 2 aliphatic rings. The van der Waals surface area contributed by atoms with Crippen LogP contribution < -0.4 is 21.3 Å². The quantitative estimate of drug-likeness (QED) is 0.515. The van der Waals surface area contributed by atoms with Gasteiger partial charge in [0.1, 0.15) is 5.82 Å². The van der Waals surface area contributed by atoms with Gasteiger partial charge >= 0.3 is 0 Å². The smallest absolute Gasteiger partial charge is 0.128 e. The molecule has 2 fully saturated rings. The first-order chi connectivity index (χ1) is 15.7. The van der Waals surface area contributed by atoms with Gasteiger partial charge in [0.2, 0.25) is 0 Å². The van der Waals surface area contributed by atoms with Crippen LogP contribution in [0.2, 0.25) is 0 Å². The highest BCUT2D eigenvalue weighted by Gasteiger charge is 2.29. The maximum Gasteiger partial charge on any atom is 0.128 e. The normalized spacial score (nSPS) is 23.8. The number of anilines is 3. The molecule has 2 aromatic heterocycles. The van der Waals surface area contributed by atoms with Gasteiger partial charge in [0.25, 0.3) is 0 Å². The number of nitrogens with one attached hydrogen (secondary N) is 2. The van der Waals surface area contributed by atoms with Gasteiger partial charge in [-0.2, -0.15) is 5.10 Å². The Morgan fingerprint density at radius 1 is 0.906 bits per heavy atom. The predicted molar refractivity (Wildman–Crippen MR) is 130 cm³/mol. The average Bonchev–Trinajstić information content (AvgIpc) is 3.37. The van der Waals surface area contributed by atoms with E-state index in [-0.39, 0.29) is 0 Å². The number of pyridine rings is 1. The number of rotatable bonds is 6. The summed E-state index contributed by atoms with van der Waals surface area (Å²) in [5.41, 5.74) is 8.99. The van der Waals surface area contributed by atoms with Gasteiger partial charge in [-0.05, 0) is 62.1 Å². The standard InChI is InChI=1S/C25H33N7/c26-19-8-10-21(11-9-19)31-15-3-5-20(18-31)29-23-6-1-2-7-24(23)30-25-17-22(12-14-27-25)32-16-4-13-28-32/h4,8-14,16-17,20,23-24,29H,1-3,5-7,15,18,26H2,(H,27,30)/t20-,23+,24+/m0/s1. The zero-order chi connectivity index (χ0) is 21.8. The minimum atomic E-state index is 0.385. The lowest BCUT2D eigenvalue weighted by atomic mass is 9.89. The van der Waals surface area contributed by atoms with E-state index in [0.29, 0.717) is 18.1 Å². The molecule has 7 nitrogen and oxygen atoms in total. The fourth-order valence-corrected chi connectivity index (χ4v) is 5.09. The molecule has 1 aliphatic heterocycles. The van der Waals surface area contributed by atoms with E-state index in [4.69, 9.17) is 5.73 Å². The second kappa shape index (κ2) is 9.61. The highest BCUT2D eigenvalue weighted by Crippen LogP contribution is 2.26. The Morgan fingerprint density at radius 2 is 1.75 bits per heavy atom. The summed E-state index contributed by atoms with van der Waals surface area (Å²) in [4.78, 5) is 7.07. The molecule has 168 valence electrons. The number of nitrogens with two attached hydrogens (primary N) is 1. The van der Waals surface area contributed by atoms with Gasteiger partial charge in [-0.15, -0.1) is 0 Å². The van der Waals surface area contributed by atoms with Crippen LogP contribution in [0, 0.1) is 0 Å². The number of hydrogen-bond acceptors (Lipinski definition) is 6. The van der Waals surface area contributed by atoms with E-state index in [1.54, 1.807) is 6.20 Å². The zero-order valence-electron chi connectivity index (χ0n) is 18.5. The van der Waals surface area contributed by atoms with E-state index in [2.05, 4.69) is 43.8 Å². The molecule has 1 aliphatic carbocycles. The molecule has 1 saturated carbocycles. The van der Waals surface area contributed by atoms with Gasteiger partial charge in [0.15, 0.2) is 0 Å². The number of benzene rings is 1. The summed E-state index contributed by atoms with van der Waals surface area (Å²) in [6.07, 6.45) is 13.0. The van der Waals surface area contributed by atoms with Crippen LogP contribution in [-0.4, -0.2) is 46.0 Å². The average molecular weight is 432 g/mol. The van der Waals surface area contributed by atoms with Crippen molar-refractivity contribution in [2.45, 2.75) is 56.7 Å². The van der Waals surface area contributed by atoms with E-state index in [1.165, 1.54) is 44.2 Å². The third-order valence-electron chi connectivity index (χ3n) is 6.74. The van der Waals surface area contributed by atoms with Crippen molar-refractivity contribution in [3.63, 3.8) is 0 Å². The van der Waals surface area contributed by atoms with Crippen molar-refractivity contribution in [2.75, 3.05) is 29.0 Å². The third-order valence-corrected chi connectivity index (χ3v) is 6.74. The molecule has 0 spiro atoms. The fourth-order valence-electron chi connectivity index (χ4n) is 5.09. The zero-order valence-corrected chi connectivity index (χ0v) is 18.5. The molecular weight excluding hydrogens is 398 g/mol. The summed E-state index contributed by atoms with van der Waals surface area (Å²) in [5.74, 6) is 0.920. The Hall–Kier alpha value is -3.06. The van der Waals surface area contributed by atoms with E-state index in [1.807, 2.05) is 41.3 Å². The molecule has 1 aromatic carbocycles. The van der Waals surface area contributed by atoms with Crippen molar-refractivity contribution in [1.29, 1.82) is 0 Å². The molecule has 32 heavy (non-hydrogen) atoms. The van der Waals surface area contributed by atoms with Gasteiger partial charge in [-0.3, -0.25) is 0 Å². The van der Waals surface area contributed by atoms with Crippen molar-refractivity contribution in [2.24, 2.45) is 0 Å². The molecule has 7 heteroatoms. The van der Waals surface area contributed by atoms with E-state index in [0.717, 1.165) is 30.3 Å². The van der Waals surface area contributed by atoms with Crippen LogP contribution in [0.15, 0.2) is 61.1 Å². The molecule has 0 amide bonds. The molecule has 1 saturated heterocycles. The summed E-state index contributed by atoms with van der Waals surface area (Å²) >= 11 is 0. The molecular formula is C25H33N7. The lowest BCUT2D eigenvalue weighted by Crippen LogP contribution is -2.55. The van der Waals surface area contributed by atoms with Crippen LogP contribution in [0.1, 0.15) is 38.5 Å². The van der Waals surface area contributed by atoms with Gasteiger partial charge in [-0.25, -0.2) is 9.67 Å². The highest BCUT2D eigenvalue weighted by molar-refractivity contribution is 5.53. The van der Waals surface area contributed by atoms with Gasteiger partial charge < -0.3 is 21.3 Å². The third kappa shape index (κ3) is 4.88. The summed E-state index contributed by atoms with van der Waals surface area (Å²) in [6, 6.07) is 15.6. The van der Waals surface area contributed by atoms with Crippen molar-refractivity contribution in [3.05, 3.63) is 61.1 Å². The first-order valence-electron chi connectivity index (χ1n) is 11.8. The number of nitrogens with zero attached hydrogens (tertiary/aromatic N) is 4. The van der Waals surface area contributed by atoms with Crippen LogP contribution in [0.4, 0.5) is 17.2 Å². The maximum atomic E-state index is 5.87. The second-order valence-corrected chi connectivity index (χ2v) is 9.04. The summed E-state index contributed by atoms with van der Waals surface area (Å²) < 4.78 is 1.87. The van der Waals surface area contributed by atoms with Gasteiger partial charge in [0.05, 0.1) is 5.69 Å². The molecule has 0 unspecified atom stereocenters. The van der Waals surface area contributed by atoms with Gasteiger partial charge in [0, 0.05) is 67.2 Å². The molecule has 3 atom stereocenters. The SMILES string of the molecule is Nc1ccc(N2CCC[C@H](N[C@@H]3CCCC[C@H]3Nc3cc(-n4cccn4)ccn3)C2)cc1. The summed E-state index contributed by atoms with van der Waals surface area (Å²) in [5, 5.41) is 12.1. The Kier molecular flexibility index (Phi) is 6.25. The summed E-state index contributed by atoms with van der Waals surface area (Å²) in [7, 11) is 0. The number of hydrogen-bond donors (Lipinski definition) is 3. The molecule has 3 aromatic rings. The monoisotopic (exact) mass is 431 g/mol. The lowest BCUT2D eigenvalue weighted by Gasteiger charge is -2.40. The molecule has 0 radical (unpaired) electrons. The summed E-state index contributed by atoms with van der Waals surface area (Å²) in [6.45, 7) is 2.15. The van der Waals surface area contributed by atoms with Crippen LogP contribution in [0.25, 0.3) is 5.69 Å². The minimum Gasteiger partial charge on any atom is -0.399 e. The highest BCUT2D eigenvalue weighted by atomic mass is 15.3. The Labute approximate surface area is 190 Å². The van der Waals surface area contributed by atoms with E-state index >= 15 is 0 Å². The molecule has 5 rings (SSSR count). The number of aromatic nitrogens is 3. The van der Waals surface area contributed by atoms with Crippen LogP contribution >= 0.6 is 0 Å². The topological polar surface area (TPSA) is 84.0 Å². The molecule has 0 bridgehead atoms. The number of nitrogen functional groups attached to an aromatic ring is 1. The van der Waals surface area contributed by atoms with Crippen LogP contribution in [0.5, 0.6) is 0 Å². The Morgan fingerprint density at radius 3 is 2.56 bits per heavy atom. The largest absolute Gasteiger partial charge is 0.399 e. The van der Waals surface area contributed by atoms with Crippen molar-refractivity contribution in [1.82, 2.24) is 20.1 Å². The first kappa shape index (κ1) is 20.8. The predicted octanol–water partition coefficient (Wildman–Crippen LogP) is 3.83. The van der Waals surface area contributed by atoms with Crippen molar-refractivity contribution < 1.29 is 0 Å². The number of piperidine rings is 1. The van der Waals surface area contributed by atoms with E-state index < -0.39 is 0 Å². The van der Waals surface area contributed by atoms with Crippen molar-refractivity contribution in [3.8, 4) is 5.69 Å². The van der Waals surface area contributed by atoms with Gasteiger partial charge in [-0.1, -0.05) is 12.8 Å². The first-order valence-corrected chi connectivity index (χ1v) is 11.8.